The maximum Gasteiger partial charge on any atom is 0.00482 e. The molecule has 0 aromatic heterocycles. The van der Waals surface area contributed by atoms with Crippen LogP contribution in [0, 0.1) is 5.41 Å². The minimum absolute atomic E-state index is 0.468. The van der Waals surface area contributed by atoms with Crippen LogP contribution in [0.2, 0.25) is 0 Å². The Morgan fingerprint density at radius 1 is 1.16 bits per heavy atom. The van der Waals surface area contributed by atoms with Gasteiger partial charge in [0.25, 0.3) is 0 Å². The Labute approximate surface area is 117 Å². The lowest BCUT2D eigenvalue weighted by Crippen LogP contribution is -2.45. The summed E-state index contributed by atoms with van der Waals surface area (Å²) in [7, 11) is 2.10. The van der Waals surface area contributed by atoms with Gasteiger partial charge in [-0.05, 0) is 57.1 Å². The van der Waals surface area contributed by atoms with Gasteiger partial charge in [-0.3, -0.25) is 0 Å². The molecule has 2 aliphatic rings. The Balaban J connectivity index is 1.74. The number of rotatable bonds is 4. The minimum Gasteiger partial charge on any atom is -0.319 e. The third-order valence-electron chi connectivity index (χ3n) is 5.03. The number of nitrogens with one attached hydrogen (secondary N) is 1. The molecule has 1 heteroatoms. The lowest BCUT2D eigenvalue weighted by molar-refractivity contribution is 0.140. The highest BCUT2D eigenvalue weighted by Gasteiger charge is 2.46. The van der Waals surface area contributed by atoms with Gasteiger partial charge in [0.05, 0.1) is 0 Å². The van der Waals surface area contributed by atoms with Gasteiger partial charge in [-0.2, -0.15) is 0 Å². The summed E-state index contributed by atoms with van der Waals surface area (Å²) in [6.07, 6.45) is 10.6. The number of hydrogen-bond acceptors (Lipinski definition) is 1. The second-order valence-corrected chi connectivity index (χ2v) is 6.30. The molecule has 0 unspecified atom stereocenters. The highest BCUT2D eigenvalue weighted by molar-refractivity contribution is 5.30. The van der Waals surface area contributed by atoms with E-state index in [2.05, 4.69) is 48.8 Å². The van der Waals surface area contributed by atoms with Crippen LogP contribution in [0.25, 0.3) is 0 Å². The first-order valence-corrected chi connectivity index (χ1v) is 7.73. The Morgan fingerprint density at radius 3 is 2.58 bits per heavy atom. The van der Waals surface area contributed by atoms with Crippen LogP contribution in [0.4, 0.5) is 0 Å². The molecular formula is C18H25N. The van der Waals surface area contributed by atoms with Gasteiger partial charge in [0.2, 0.25) is 0 Å². The van der Waals surface area contributed by atoms with E-state index in [1.165, 1.54) is 44.1 Å². The first kappa shape index (κ1) is 12.9. The molecule has 1 aromatic carbocycles. The summed E-state index contributed by atoms with van der Waals surface area (Å²) < 4.78 is 0. The van der Waals surface area contributed by atoms with Gasteiger partial charge in [0.15, 0.2) is 0 Å². The quantitative estimate of drug-likeness (QED) is 0.792. The van der Waals surface area contributed by atoms with Crippen LogP contribution in [0.1, 0.15) is 50.0 Å². The van der Waals surface area contributed by atoms with Crippen molar-refractivity contribution in [3.63, 3.8) is 0 Å². The van der Waals surface area contributed by atoms with E-state index in [-0.39, 0.29) is 0 Å². The van der Waals surface area contributed by atoms with E-state index in [4.69, 9.17) is 0 Å². The van der Waals surface area contributed by atoms with E-state index in [9.17, 15) is 0 Å². The molecule has 0 aliphatic heterocycles. The van der Waals surface area contributed by atoms with Gasteiger partial charge in [0, 0.05) is 12.0 Å². The zero-order valence-electron chi connectivity index (χ0n) is 12.0. The first-order valence-electron chi connectivity index (χ1n) is 7.73. The average Bonchev–Trinajstić information content (AvgIpc) is 2.44. The van der Waals surface area contributed by atoms with E-state index < -0.39 is 0 Å². The van der Waals surface area contributed by atoms with Crippen LogP contribution >= 0.6 is 0 Å². The van der Waals surface area contributed by atoms with Gasteiger partial charge in [0.1, 0.15) is 0 Å². The summed E-state index contributed by atoms with van der Waals surface area (Å²) in [5.74, 6) is 0.775. The van der Waals surface area contributed by atoms with Crippen molar-refractivity contribution in [2.75, 3.05) is 13.6 Å². The van der Waals surface area contributed by atoms with Gasteiger partial charge >= 0.3 is 0 Å². The van der Waals surface area contributed by atoms with Crippen LogP contribution < -0.4 is 5.32 Å². The molecule has 102 valence electrons. The van der Waals surface area contributed by atoms with Crippen molar-refractivity contribution < 1.29 is 0 Å². The molecule has 1 aromatic rings. The van der Waals surface area contributed by atoms with E-state index in [0.29, 0.717) is 5.41 Å². The minimum atomic E-state index is 0.468. The first-order chi connectivity index (χ1) is 9.34. The maximum atomic E-state index is 3.44. The lowest BCUT2D eigenvalue weighted by atomic mass is 9.55. The molecule has 0 atom stereocenters. The van der Waals surface area contributed by atoms with Gasteiger partial charge < -0.3 is 5.32 Å². The summed E-state index contributed by atoms with van der Waals surface area (Å²) in [6, 6.07) is 11.1. The monoisotopic (exact) mass is 255 g/mol. The van der Waals surface area contributed by atoms with E-state index in [0.717, 1.165) is 12.5 Å². The second-order valence-electron chi connectivity index (χ2n) is 6.30. The normalized spacial score (nSPS) is 30.6. The Hall–Kier alpha value is -1.08. The Bertz CT molecular complexity index is 440. The fraction of sp³-hybridized carbons (Fsp3) is 0.556. The Kier molecular flexibility index (Phi) is 3.74. The molecule has 1 fully saturated rings. The molecule has 0 spiro atoms. The fourth-order valence-electron chi connectivity index (χ4n) is 4.02. The molecule has 1 N–H and O–H groups in total. The molecule has 0 saturated heterocycles. The molecule has 3 rings (SSSR count). The summed E-state index contributed by atoms with van der Waals surface area (Å²) in [5.41, 5.74) is 3.75. The third-order valence-corrected chi connectivity index (χ3v) is 5.03. The standard InChI is InChI=1S/C18H25N/c1-19-14-18(17-10-6-3-7-11-17)12-16(13-18)15-8-4-2-5-9-15/h2,4-5,8-10,16,19H,3,6-7,11-14H2,1H3. The highest BCUT2D eigenvalue weighted by Crippen LogP contribution is 2.56. The summed E-state index contributed by atoms with van der Waals surface area (Å²) in [4.78, 5) is 0. The smallest absolute Gasteiger partial charge is 0.00482 e. The summed E-state index contributed by atoms with van der Waals surface area (Å²) >= 11 is 0. The van der Waals surface area contributed by atoms with Gasteiger partial charge in [-0.1, -0.05) is 42.0 Å². The second kappa shape index (κ2) is 5.50. The van der Waals surface area contributed by atoms with Gasteiger partial charge in [-0.25, -0.2) is 0 Å². The third kappa shape index (κ3) is 2.49. The predicted molar refractivity (Wildman–Crippen MR) is 81.3 cm³/mol. The zero-order valence-corrected chi connectivity index (χ0v) is 12.0. The molecule has 19 heavy (non-hydrogen) atoms. The molecular weight excluding hydrogens is 230 g/mol. The average molecular weight is 255 g/mol. The van der Waals surface area contributed by atoms with E-state index >= 15 is 0 Å². The van der Waals surface area contributed by atoms with Gasteiger partial charge in [-0.15, -0.1) is 0 Å². The summed E-state index contributed by atoms with van der Waals surface area (Å²) in [6.45, 7) is 1.15. The number of hydrogen-bond donors (Lipinski definition) is 1. The number of benzene rings is 1. The molecule has 2 aliphatic carbocycles. The fourth-order valence-corrected chi connectivity index (χ4v) is 4.02. The maximum absolute atomic E-state index is 3.44. The van der Waals surface area contributed by atoms with E-state index in [1.54, 1.807) is 5.57 Å². The van der Waals surface area contributed by atoms with E-state index in [1.807, 2.05) is 0 Å². The van der Waals surface area contributed by atoms with Crippen molar-refractivity contribution in [1.29, 1.82) is 0 Å². The molecule has 1 saturated carbocycles. The van der Waals surface area contributed by atoms with Crippen LogP contribution in [-0.2, 0) is 0 Å². The van der Waals surface area contributed by atoms with Crippen molar-refractivity contribution >= 4 is 0 Å². The Morgan fingerprint density at radius 2 is 1.95 bits per heavy atom. The molecule has 0 heterocycles. The van der Waals surface area contributed by atoms with Crippen LogP contribution in [0.15, 0.2) is 42.0 Å². The SMILES string of the molecule is CNCC1(C2=CCCCC2)CC(c2ccccc2)C1. The van der Waals surface area contributed by atoms with Crippen molar-refractivity contribution in [1.82, 2.24) is 5.32 Å². The topological polar surface area (TPSA) is 12.0 Å². The largest absolute Gasteiger partial charge is 0.319 e. The molecule has 0 bridgehead atoms. The predicted octanol–water partition coefficient (Wildman–Crippen LogP) is 4.27. The molecule has 0 radical (unpaired) electrons. The summed E-state index contributed by atoms with van der Waals surface area (Å²) in [5, 5.41) is 3.44. The zero-order chi connectivity index (χ0) is 13.1. The van der Waals surface area contributed by atoms with Crippen molar-refractivity contribution in [3.05, 3.63) is 47.5 Å². The van der Waals surface area contributed by atoms with Crippen LogP contribution in [-0.4, -0.2) is 13.6 Å². The molecule has 1 nitrogen and oxygen atoms in total. The molecule has 0 amide bonds. The van der Waals surface area contributed by atoms with Crippen molar-refractivity contribution in [2.45, 2.75) is 44.4 Å². The van der Waals surface area contributed by atoms with Crippen LogP contribution in [0.5, 0.6) is 0 Å². The van der Waals surface area contributed by atoms with Crippen LogP contribution in [0.3, 0.4) is 0 Å². The van der Waals surface area contributed by atoms with Crippen molar-refractivity contribution in [2.24, 2.45) is 5.41 Å². The van der Waals surface area contributed by atoms with Crippen molar-refractivity contribution in [3.8, 4) is 0 Å². The highest BCUT2D eigenvalue weighted by atomic mass is 14.8. The number of allylic oxidation sites excluding steroid dienone is 1. The lowest BCUT2D eigenvalue weighted by Gasteiger charge is -2.51.